The van der Waals surface area contributed by atoms with Crippen LogP contribution in [0.2, 0.25) is 5.02 Å². The van der Waals surface area contributed by atoms with Crippen LogP contribution in [-0.2, 0) is 0 Å². The number of anilines is 1. The summed E-state index contributed by atoms with van der Waals surface area (Å²) in [6.07, 6.45) is 0. The monoisotopic (exact) mass is 334 g/mol. The summed E-state index contributed by atoms with van der Waals surface area (Å²) in [5.41, 5.74) is 1.81. The molecule has 0 bridgehead atoms. The average Bonchev–Trinajstić information content (AvgIpc) is 2.50. The predicted octanol–water partition coefficient (Wildman–Crippen LogP) is 4.13. The van der Waals surface area contributed by atoms with Gasteiger partial charge < -0.3 is 10.1 Å². The number of amides is 1. The van der Waals surface area contributed by atoms with E-state index in [0.717, 1.165) is 5.56 Å². The lowest BCUT2D eigenvalue weighted by Gasteiger charge is -2.12. The van der Waals surface area contributed by atoms with Crippen molar-refractivity contribution in [1.82, 2.24) is 0 Å². The molecule has 0 aliphatic rings. The van der Waals surface area contributed by atoms with Crippen molar-refractivity contribution in [3.05, 3.63) is 62.2 Å². The van der Waals surface area contributed by atoms with Crippen molar-refractivity contribution in [3.8, 4) is 5.75 Å². The molecule has 2 aromatic carbocycles. The number of aryl methyl sites for hydroxylation is 2. The van der Waals surface area contributed by atoms with Crippen molar-refractivity contribution in [2.75, 3.05) is 12.4 Å². The molecule has 0 spiro atoms. The maximum absolute atomic E-state index is 12.3. The van der Waals surface area contributed by atoms with E-state index in [9.17, 15) is 14.9 Å². The second-order valence-electron chi connectivity index (χ2n) is 5.01. The minimum atomic E-state index is -0.515. The highest BCUT2D eigenvalue weighted by molar-refractivity contribution is 6.31. The largest absolute Gasteiger partial charge is 0.495 e. The summed E-state index contributed by atoms with van der Waals surface area (Å²) in [6.45, 7) is 3.42. The minimum absolute atomic E-state index is 0.100. The van der Waals surface area contributed by atoms with Crippen molar-refractivity contribution in [2.24, 2.45) is 0 Å². The molecule has 1 amide bonds. The molecule has 7 heteroatoms. The third kappa shape index (κ3) is 3.60. The highest BCUT2D eigenvalue weighted by atomic mass is 35.5. The average molecular weight is 335 g/mol. The molecule has 120 valence electrons. The number of nitro benzene ring substituents is 1. The number of carbonyl (C=O) groups excluding carboxylic acids is 1. The number of halogens is 1. The zero-order valence-corrected chi connectivity index (χ0v) is 13.6. The van der Waals surface area contributed by atoms with Crippen LogP contribution in [0.25, 0.3) is 0 Å². The highest BCUT2D eigenvalue weighted by Crippen LogP contribution is 2.31. The summed E-state index contributed by atoms with van der Waals surface area (Å²) in [7, 11) is 1.47. The van der Waals surface area contributed by atoms with Crippen LogP contribution < -0.4 is 10.1 Å². The van der Waals surface area contributed by atoms with Gasteiger partial charge in [-0.2, -0.15) is 0 Å². The molecule has 2 aromatic rings. The number of methoxy groups -OCH3 is 1. The minimum Gasteiger partial charge on any atom is -0.495 e. The maximum atomic E-state index is 12.3. The number of nitrogens with zero attached hydrogens (tertiary/aromatic N) is 1. The van der Waals surface area contributed by atoms with Gasteiger partial charge in [0.2, 0.25) is 0 Å². The Bertz CT molecular complexity index is 790. The molecule has 0 aliphatic heterocycles. The number of benzene rings is 2. The van der Waals surface area contributed by atoms with E-state index in [1.54, 1.807) is 26.0 Å². The van der Waals surface area contributed by atoms with E-state index >= 15 is 0 Å². The SMILES string of the molecule is COc1cc(Cl)c(C)cc1NC(=O)c1ccc(C)c([N+](=O)[O-])c1. The summed E-state index contributed by atoms with van der Waals surface area (Å²) < 4.78 is 5.19. The molecule has 6 nitrogen and oxygen atoms in total. The molecule has 0 saturated carbocycles. The van der Waals surface area contributed by atoms with Crippen LogP contribution in [0.4, 0.5) is 11.4 Å². The lowest BCUT2D eigenvalue weighted by Crippen LogP contribution is -2.13. The van der Waals surface area contributed by atoms with Crippen molar-refractivity contribution in [2.45, 2.75) is 13.8 Å². The van der Waals surface area contributed by atoms with Crippen LogP contribution >= 0.6 is 11.6 Å². The number of hydrogen-bond acceptors (Lipinski definition) is 4. The quantitative estimate of drug-likeness (QED) is 0.673. The molecule has 0 heterocycles. The van der Waals surface area contributed by atoms with Gasteiger partial charge in [0, 0.05) is 28.3 Å². The van der Waals surface area contributed by atoms with E-state index in [2.05, 4.69) is 5.32 Å². The smallest absolute Gasteiger partial charge is 0.273 e. The Balaban J connectivity index is 2.35. The van der Waals surface area contributed by atoms with E-state index in [4.69, 9.17) is 16.3 Å². The van der Waals surface area contributed by atoms with E-state index in [1.807, 2.05) is 0 Å². The van der Waals surface area contributed by atoms with Gasteiger partial charge in [0.05, 0.1) is 17.7 Å². The zero-order valence-electron chi connectivity index (χ0n) is 12.8. The van der Waals surface area contributed by atoms with Gasteiger partial charge in [0.1, 0.15) is 5.75 Å². The van der Waals surface area contributed by atoms with Gasteiger partial charge in [-0.3, -0.25) is 14.9 Å². The molecule has 0 radical (unpaired) electrons. The van der Waals surface area contributed by atoms with Crippen LogP contribution in [0.15, 0.2) is 30.3 Å². The second kappa shape index (κ2) is 6.66. The Morgan fingerprint density at radius 3 is 2.52 bits per heavy atom. The topological polar surface area (TPSA) is 81.5 Å². The summed E-state index contributed by atoms with van der Waals surface area (Å²) in [4.78, 5) is 22.8. The number of carbonyl (C=O) groups is 1. The fraction of sp³-hybridized carbons (Fsp3) is 0.188. The van der Waals surface area contributed by atoms with Crippen LogP contribution in [0, 0.1) is 24.0 Å². The second-order valence-corrected chi connectivity index (χ2v) is 5.42. The van der Waals surface area contributed by atoms with Gasteiger partial charge >= 0.3 is 0 Å². The Morgan fingerprint density at radius 2 is 1.91 bits per heavy atom. The Labute approximate surface area is 138 Å². The third-order valence-electron chi connectivity index (χ3n) is 3.40. The molecular formula is C16H15ClN2O4. The molecule has 0 fully saturated rings. The fourth-order valence-electron chi connectivity index (χ4n) is 2.07. The molecular weight excluding hydrogens is 320 g/mol. The number of ether oxygens (including phenoxy) is 1. The van der Waals surface area contributed by atoms with Crippen LogP contribution in [0.3, 0.4) is 0 Å². The molecule has 23 heavy (non-hydrogen) atoms. The number of nitro groups is 1. The molecule has 1 N–H and O–H groups in total. The van der Waals surface area contributed by atoms with E-state index in [1.165, 1.54) is 25.3 Å². The van der Waals surface area contributed by atoms with Gasteiger partial charge in [0.15, 0.2) is 0 Å². The first-order valence-corrected chi connectivity index (χ1v) is 7.11. The first-order valence-electron chi connectivity index (χ1n) is 6.74. The lowest BCUT2D eigenvalue weighted by molar-refractivity contribution is -0.385. The van der Waals surface area contributed by atoms with Gasteiger partial charge in [-0.15, -0.1) is 0 Å². The van der Waals surface area contributed by atoms with Crippen molar-refractivity contribution in [1.29, 1.82) is 0 Å². The van der Waals surface area contributed by atoms with Gasteiger partial charge in [0.25, 0.3) is 11.6 Å². The standard InChI is InChI=1S/C16H15ClN2O4/c1-9-4-5-11(7-14(9)19(21)22)16(20)18-13-6-10(2)12(17)8-15(13)23-3/h4-8H,1-3H3,(H,18,20). The normalized spacial score (nSPS) is 10.3. The Hall–Kier alpha value is -2.60. The fourth-order valence-corrected chi connectivity index (χ4v) is 2.23. The number of nitrogens with one attached hydrogen (secondary N) is 1. The van der Waals surface area contributed by atoms with Crippen molar-refractivity contribution in [3.63, 3.8) is 0 Å². The molecule has 2 rings (SSSR count). The molecule has 0 unspecified atom stereocenters. The highest BCUT2D eigenvalue weighted by Gasteiger charge is 2.16. The lowest BCUT2D eigenvalue weighted by atomic mass is 10.1. The molecule has 0 aliphatic carbocycles. The third-order valence-corrected chi connectivity index (χ3v) is 3.80. The predicted molar refractivity (Wildman–Crippen MR) is 88.5 cm³/mol. The van der Waals surface area contributed by atoms with Crippen molar-refractivity contribution >= 4 is 28.9 Å². The number of hydrogen-bond donors (Lipinski definition) is 1. The van der Waals surface area contributed by atoms with Crippen LogP contribution in [0.1, 0.15) is 21.5 Å². The van der Waals surface area contributed by atoms with E-state index in [-0.39, 0.29) is 11.3 Å². The summed E-state index contributed by atoms with van der Waals surface area (Å²) in [5, 5.41) is 14.2. The van der Waals surface area contributed by atoms with Gasteiger partial charge in [-0.05, 0) is 31.5 Å². The van der Waals surface area contributed by atoms with Crippen LogP contribution in [-0.4, -0.2) is 17.9 Å². The molecule has 0 aromatic heterocycles. The van der Waals surface area contributed by atoms with Crippen LogP contribution in [0.5, 0.6) is 5.75 Å². The number of rotatable bonds is 4. The van der Waals surface area contributed by atoms with E-state index in [0.29, 0.717) is 22.0 Å². The Morgan fingerprint density at radius 1 is 1.22 bits per heavy atom. The summed E-state index contributed by atoms with van der Waals surface area (Å²) in [6, 6.07) is 7.61. The molecule has 0 saturated heterocycles. The first-order chi connectivity index (χ1) is 10.8. The first kappa shape index (κ1) is 16.8. The van der Waals surface area contributed by atoms with Gasteiger partial charge in [-0.1, -0.05) is 17.7 Å². The Kier molecular flexibility index (Phi) is 4.86. The van der Waals surface area contributed by atoms with E-state index < -0.39 is 10.8 Å². The van der Waals surface area contributed by atoms with Gasteiger partial charge in [-0.25, -0.2) is 0 Å². The summed E-state index contributed by atoms with van der Waals surface area (Å²) >= 11 is 6.02. The molecule has 0 atom stereocenters. The zero-order chi connectivity index (χ0) is 17.1. The maximum Gasteiger partial charge on any atom is 0.273 e. The summed E-state index contributed by atoms with van der Waals surface area (Å²) in [5.74, 6) is -0.0521. The van der Waals surface area contributed by atoms with Crippen molar-refractivity contribution < 1.29 is 14.5 Å².